The second-order valence-corrected chi connectivity index (χ2v) is 13.0. The molecule has 1 aliphatic carbocycles. The number of ether oxygens (including phenoxy) is 3. The van der Waals surface area contributed by atoms with Crippen LogP contribution in [0.2, 0.25) is 6.04 Å². The van der Waals surface area contributed by atoms with E-state index in [2.05, 4.69) is 10.1 Å². The Morgan fingerprint density at radius 1 is 0.878 bits per heavy atom. The quantitative estimate of drug-likeness (QED) is 0.0803. The highest BCUT2D eigenvalue weighted by Crippen LogP contribution is 2.33. The lowest BCUT2D eigenvalue weighted by atomic mass is 9.79. The fraction of sp³-hybridized carbons (Fsp3) is 0.677. The second-order valence-electron chi connectivity index (χ2n) is 10.2. The Morgan fingerprint density at radius 2 is 1.49 bits per heavy atom. The molecule has 1 aromatic carbocycles. The van der Waals surface area contributed by atoms with Crippen molar-refractivity contribution in [3.63, 3.8) is 0 Å². The van der Waals surface area contributed by atoms with Crippen LogP contribution in [0.15, 0.2) is 30.3 Å². The molecule has 10 heteroatoms. The highest BCUT2D eigenvalue weighted by atomic mass is 28.4. The molecular formula is C31H51NO8Si. The summed E-state index contributed by atoms with van der Waals surface area (Å²) in [4.78, 5) is 23.3. The monoisotopic (exact) mass is 593 g/mol. The summed E-state index contributed by atoms with van der Waals surface area (Å²) >= 11 is 0. The van der Waals surface area contributed by atoms with Crippen LogP contribution in [0, 0.1) is 11.8 Å². The van der Waals surface area contributed by atoms with Crippen LogP contribution in [0.4, 0.5) is 4.79 Å². The minimum Gasteiger partial charge on any atom is -0.494 e. The topological polar surface area (TPSA) is 102 Å². The van der Waals surface area contributed by atoms with Gasteiger partial charge in [-0.15, -0.1) is 0 Å². The maximum absolute atomic E-state index is 12.1. The number of hydrogen-bond acceptors (Lipinski definition) is 8. The van der Waals surface area contributed by atoms with E-state index < -0.39 is 8.80 Å². The van der Waals surface area contributed by atoms with Crippen LogP contribution < -0.4 is 10.1 Å². The van der Waals surface area contributed by atoms with Crippen molar-refractivity contribution in [2.45, 2.75) is 78.2 Å². The molecule has 1 fully saturated rings. The van der Waals surface area contributed by atoms with Crippen LogP contribution in [0.3, 0.4) is 0 Å². The van der Waals surface area contributed by atoms with E-state index in [9.17, 15) is 9.59 Å². The van der Waals surface area contributed by atoms with Gasteiger partial charge >= 0.3 is 20.9 Å². The molecular weight excluding hydrogens is 542 g/mol. The van der Waals surface area contributed by atoms with Gasteiger partial charge in [0.2, 0.25) is 0 Å². The van der Waals surface area contributed by atoms with Gasteiger partial charge in [0.05, 0.1) is 20.3 Å². The summed E-state index contributed by atoms with van der Waals surface area (Å²) in [7, 11) is -1.31. The molecule has 2 rings (SSSR count). The molecule has 0 spiro atoms. The van der Waals surface area contributed by atoms with E-state index in [1.807, 2.05) is 45.0 Å². The third-order valence-corrected chi connectivity index (χ3v) is 10.4. The third-order valence-electron chi connectivity index (χ3n) is 7.27. The Labute approximate surface area is 247 Å². The number of nitrogens with one attached hydrogen (secondary N) is 1. The van der Waals surface area contributed by atoms with Crippen LogP contribution >= 0.6 is 0 Å². The van der Waals surface area contributed by atoms with Gasteiger partial charge in [-0.25, -0.2) is 9.59 Å². The number of carbonyl (C=O) groups is 2. The molecule has 0 bridgehead atoms. The molecule has 0 aromatic heterocycles. The molecule has 1 amide bonds. The maximum atomic E-state index is 12.1. The summed E-state index contributed by atoms with van der Waals surface area (Å²) in [5.41, 5.74) is 0.925. The number of alkyl carbamates (subject to hydrolysis) is 1. The smallest absolute Gasteiger partial charge is 0.494 e. The van der Waals surface area contributed by atoms with Crippen LogP contribution in [-0.2, 0) is 27.5 Å². The molecule has 1 N–H and O–H groups in total. The third kappa shape index (κ3) is 14.4. The van der Waals surface area contributed by atoms with E-state index in [4.69, 9.17) is 22.8 Å². The van der Waals surface area contributed by atoms with E-state index >= 15 is 0 Å². The molecule has 0 heterocycles. The van der Waals surface area contributed by atoms with Gasteiger partial charge in [0.25, 0.3) is 0 Å². The van der Waals surface area contributed by atoms with Crippen molar-refractivity contribution in [2.24, 2.45) is 11.8 Å². The van der Waals surface area contributed by atoms with Crippen molar-refractivity contribution in [2.75, 3.05) is 46.7 Å². The highest BCUT2D eigenvalue weighted by molar-refractivity contribution is 6.60. The van der Waals surface area contributed by atoms with Gasteiger partial charge in [0.15, 0.2) is 0 Å². The molecule has 1 aromatic rings. The molecule has 41 heavy (non-hydrogen) atoms. The lowest BCUT2D eigenvalue weighted by Gasteiger charge is -2.28. The fourth-order valence-corrected chi connectivity index (χ4v) is 7.76. The minimum absolute atomic E-state index is 0.363. The van der Waals surface area contributed by atoms with Crippen LogP contribution in [-0.4, -0.2) is 67.6 Å². The second kappa shape index (κ2) is 20.5. The number of amides is 1. The lowest BCUT2D eigenvalue weighted by molar-refractivity contribution is -0.134. The van der Waals surface area contributed by atoms with E-state index in [0.29, 0.717) is 57.5 Å². The van der Waals surface area contributed by atoms with Gasteiger partial charge in [-0.2, -0.15) is 0 Å². The van der Waals surface area contributed by atoms with Crippen molar-refractivity contribution < 1.29 is 37.1 Å². The number of benzene rings is 1. The van der Waals surface area contributed by atoms with Crippen LogP contribution in [0.25, 0.3) is 6.08 Å². The first kappa shape index (κ1) is 34.8. The summed E-state index contributed by atoms with van der Waals surface area (Å²) in [5.74, 6) is 1.88. The standard InChI is InChI=1S/C31H51NO8Si/c1-5-38-41(39-6-2,40-7-3)25-9-22-32-31(34)37-23-8-10-26-11-13-28(14-12-26)21-24-36-29-18-15-27(16-19-29)17-20-30(33)35-4/h15-20,26,28H,5-14,21-25H2,1-4H3,(H,32,34). The zero-order valence-electron chi connectivity index (χ0n) is 25.5. The van der Waals surface area contributed by atoms with Gasteiger partial charge in [0.1, 0.15) is 5.75 Å². The predicted molar refractivity (Wildman–Crippen MR) is 162 cm³/mol. The average molecular weight is 594 g/mol. The summed E-state index contributed by atoms with van der Waals surface area (Å²) in [6.45, 7) is 9.14. The Balaban J connectivity index is 1.52. The molecule has 9 nitrogen and oxygen atoms in total. The maximum Gasteiger partial charge on any atom is 0.500 e. The van der Waals surface area contributed by atoms with Gasteiger partial charge in [-0.1, -0.05) is 37.8 Å². The first-order valence-corrected chi connectivity index (χ1v) is 17.2. The first-order chi connectivity index (χ1) is 19.9. The van der Waals surface area contributed by atoms with Crippen LogP contribution in [0.1, 0.15) is 77.7 Å². The number of rotatable bonds is 20. The number of esters is 1. The number of methoxy groups -OCH3 is 1. The Bertz CT molecular complexity index is 870. The van der Waals surface area contributed by atoms with Crippen molar-refractivity contribution in [1.29, 1.82) is 0 Å². The van der Waals surface area contributed by atoms with Crippen molar-refractivity contribution >= 4 is 26.9 Å². The molecule has 0 radical (unpaired) electrons. The summed E-state index contributed by atoms with van der Waals surface area (Å²) in [6, 6.07) is 8.37. The SMILES string of the molecule is CCO[Si](CCCNC(=O)OCCCC1CCC(CCOc2ccc(C=CC(=O)OC)cc2)CC1)(OCC)OCC. The Kier molecular flexibility index (Phi) is 17.4. The van der Waals surface area contributed by atoms with Gasteiger partial charge < -0.3 is 32.8 Å². The van der Waals surface area contributed by atoms with Crippen molar-refractivity contribution in [3.8, 4) is 5.75 Å². The van der Waals surface area contributed by atoms with E-state index in [1.54, 1.807) is 6.08 Å². The average Bonchev–Trinajstić information content (AvgIpc) is 2.98. The summed E-state index contributed by atoms with van der Waals surface area (Å²) < 4.78 is 33.5. The van der Waals surface area contributed by atoms with E-state index in [1.165, 1.54) is 38.9 Å². The molecule has 232 valence electrons. The van der Waals surface area contributed by atoms with Crippen LogP contribution in [0.5, 0.6) is 5.75 Å². The molecule has 1 saturated carbocycles. The molecule has 0 atom stereocenters. The van der Waals surface area contributed by atoms with Crippen molar-refractivity contribution in [3.05, 3.63) is 35.9 Å². The minimum atomic E-state index is -2.67. The molecule has 0 aliphatic heterocycles. The van der Waals surface area contributed by atoms with E-state index in [-0.39, 0.29) is 12.1 Å². The summed E-state index contributed by atoms with van der Waals surface area (Å²) in [6.07, 6.45) is 11.4. The van der Waals surface area contributed by atoms with Gasteiger partial charge in [0, 0.05) is 38.5 Å². The zero-order valence-corrected chi connectivity index (χ0v) is 26.5. The molecule has 0 unspecified atom stereocenters. The first-order valence-electron chi connectivity index (χ1n) is 15.2. The zero-order chi connectivity index (χ0) is 29.8. The number of hydrogen-bond donors (Lipinski definition) is 1. The highest BCUT2D eigenvalue weighted by Gasteiger charge is 2.39. The largest absolute Gasteiger partial charge is 0.500 e. The Hall–Kier alpha value is -2.40. The number of carbonyl (C=O) groups excluding carboxylic acids is 2. The predicted octanol–water partition coefficient (Wildman–Crippen LogP) is 6.39. The van der Waals surface area contributed by atoms with E-state index in [0.717, 1.165) is 37.0 Å². The van der Waals surface area contributed by atoms with Gasteiger partial charge in [-0.05, 0) is 82.1 Å². The Morgan fingerprint density at radius 3 is 2.07 bits per heavy atom. The lowest BCUT2D eigenvalue weighted by Crippen LogP contribution is -2.46. The summed E-state index contributed by atoms with van der Waals surface area (Å²) in [5, 5.41) is 2.83. The molecule has 0 saturated heterocycles. The van der Waals surface area contributed by atoms with Gasteiger partial charge in [-0.3, -0.25) is 0 Å². The fourth-order valence-electron chi connectivity index (χ4n) is 5.14. The van der Waals surface area contributed by atoms with Crippen molar-refractivity contribution in [1.82, 2.24) is 5.32 Å². The molecule has 1 aliphatic rings. The normalized spacial score (nSPS) is 17.4.